The summed E-state index contributed by atoms with van der Waals surface area (Å²) in [6.45, 7) is 1.11. The maximum atomic E-state index is 9.74. The summed E-state index contributed by atoms with van der Waals surface area (Å²) in [4.78, 5) is 0. The Labute approximate surface area is 106 Å². The molecular weight excluding hydrogens is 234 g/mol. The Morgan fingerprint density at radius 3 is 3.00 bits per heavy atom. The zero-order chi connectivity index (χ0) is 12.4. The van der Waals surface area contributed by atoms with E-state index in [9.17, 15) is 5.11 Å². The Bertz CT molecular complexity index is 419. The molecule has 1 fully saturated rings. The van der Waals surface area contributed by atoms with Gasteiger partial charge < -0.3 is 24.6 Å². The number of hydrogen-bond donors (Lipinski definition) is 2. The van der Waals surface area contributed by atoms with Gasteiger partial charge in [0.1, 0.15) is 18.5 Å². The lowest BCUT2D eigenvalue weighted by Crippen LogP contribution is -2.32. The average molecular weight is 251 g/mol. The van der Waals surface area contributed by atoms with Gasteiger partial charge in [-0.2, -0.15) is 0 Å². The highest BCUT2D eigenvalue weighted by atomic mass is 16.7. The second-order valence-corrected chi connectivity index (χ2v) is 4.66. The molecule has 1 aliphatic heterocycles. The molecule has 0 aromatic heterocycles. The van der Waals surface area contributed by atoms with Crippen molar-refractivity contribution < 1.29 is 19.3 Å². The van der Waals surface area contributed by atoms with Gasteiger partial charge in [-0.25, -0.2) is 0 Å². The minimum atomic E-state index is -0.490. The molecule has 0 radical (unpaired) electrons. The third-order valence-corrected chi connectivity index (χ3v) is 3.01. The van der Waals surface area contributed by atoms with E-state index >= 15 is 0 Å². The van der Waals surface area contributed by atoms with Crippen LogP contribution in [0.15, 0.2) is 18.2 Å². The Hall–Kier alpha value is -1.46. The summed E-state index contributed by atoms with van der Waals surface area (Å²) in [5.74, 6) is 2.11. The van der Waals surface area contributed by atoms with Crippen molar-refractivity contribution in [3.8, 4) is 17.2 Å². The van der Waals surface area contributed by atoms with Gasteiger partial charge in [0.25, 0.3) is 0 Å². The van der Waals surface area contributed by atoms with Gasteiger partial charge in [-0.15, -0.1) is 0 Å². The van der Waals surface area contributed by atoms with Crippen molar-refractivity contribution in [3.63, 3.8) is 0 Å². The standard InChI is InChI=1S/C13H17NO4/c15-10(6-14-9-1-2-9)7-16-11-3-4-12-13(5-11)18-8-17-12/h3-5,9-10,14-15H,1-2,6-8H2. The van der Waals surface area contributed by atoms with Gasteiger partial charge in [0, 0.05) is 18.7 Å². The lowest BCUT2D eigenvalue weighted by molar-refractivity contribution is 0.106. The van der Waals surface area contributed by atoms with Gasteiger partial charge in [-0.05, 0) is 25.0 Å². The number of benzene rings is 1. The van der Waals surface area contributed by atoms with Gasteiger partial charge in [-0.1, -0.05) is 0 Å². The summed E-state index contributed by atoms with van der Waals surface area (Å²) in [7, 11) is 0. The van der Waals surface area contributed by atoms with Crippen LogP contribution in [-0.4, -0.2) is 37.2 Å². The molecule has 0 saturated heterocycles. The summed E-state index contributed by atoms with van der Waals surface area (Å²) in [6, 6.07) is 6.01. The molecule has 1 heterocycles. The Morgan fingerprint density at radius 2 is 2.17 bits per heavy atom. The van der Waals surface area contributed by atoms with Crippen LogP contribution in [0, 0.1) is 0 Å². The van der Waals surface area contributed by atoms with Crippen molar-refractivity contribution in [2.45, 2.75) is 25.0 Å². The van der Waals surface area contributed by atoms with E-state index in [0.29, 0.717) is 24.1 Å². The number of ether oxygens (including phenoxy) is 3. The van der Waals surface area contributed by atoms with Crippen LogP contribution in [0.2, 0.25) is 0 Å². The van der Waals surface area contributed by atoms with E-state index < -0.39 is 6.10 Å². The molecule has 1 aliphatic carbocycles. The molecule has 1 aromatic rings. The fourth-order valence-electron chi connectivity index (χ4n) is 1.81. The largest absolute Gasteiger partial charge is 0.491 e. The zero-order valence-corrected chi connectivity index (χ0v) is 10.1. The number of hydrogen-bond acceptors (Lipinski definition) is 5. The first-order valence-electron chi connectivity index (χ1n) is 6.25. The van der Waals surface area contributed by atoms with Crippen molar-refractivity contribution >= 4 is 0 Å². The summed E-state index contributed by atoms with van der Waals surface area (Å²) >= 11 is 0. The van der Waals surface area contributed by atoms with Crippen molar-refractivity contribution in [1.82, 2.24) is 5.32 Å². The fraction of sp³-hybridized carbons (Fsp3) is 0.538. The van der Waals surface area contributed by atoms with Crippen molar-refractivity contribution in [2.75, 3.05) is 19.9 Å². The topological polar surface area (TPSA) is 60.0 Å². The van der Waals surface area contributed by atoms with Gasteiger partial charge in [-0.3, -0.25) is 0 Å². The van der Waals surface area contributed by atoms with E-state index in [1.54, 1.807) is 6.07 Å². The first-order valence-corrected chi connectivity index (χ1v) is 6.25. The fourth-order valence-corrected chi connectivity index (χ4v) is 1.81. The minimum absolute atomic E-state index is 0.257. The van der Waals surface area contributed by atoms with E-state index in [-0.39, 0.29) is 13.4 Å². The molecule has 1 saturated carbocycles. The Balaban J connectivity index is 1.46. The molecule has 5 nitrogen and oxygen atoms in total. The molecular formula is C13H17NO4. The molecule has 1 aromatic carbocycles. The monoisotopic (exact) mass is 251 g/mol. The first kappa shape index (κ1) is 11.6. The molecule has 98 valence electrons. The van der Waals surface area contributed by atoms with E-state index in [1.165, 1.54) is 12.8 Å². The maximum Gasteiger partial charge on any atom is 0.231 e. The van der Waals surface area contributed by atoms with Crippen LogP contribution in [0.5, 0.6) is 17.2 Å². The number of fused-ring (bicyclic) bond motifs is 1. The van der Waals surface area contributed by atoms with Crippen LogP contribution >= 0.6 is 0 Å². The molecule has 0 amide bonds. The molecule has 2 N–H and O–H groups in total. The Morgan fingerprint density at radius 1 is 1.33 bits per heavy atom. The van der Waals surface area contributed by atoms with Crippen molar-refractivity contribution in [2.24, 2.45) is 0 Å². The molecule has 5 heteroatoms. The van der Waals surface area contributed by atoms with E-state index in [4.69, 9.17) is 14.2 Å². The third kappa shape index (κ3) is 2.86. The molecule has 0 spiro atoms. The van der Waals surface area contributed by atoms with Gasteiger partial charge in [0.2, 0.25) is 6.79 Å². The van der Waals surface area contributed by atoms with Crippen molar-refractivity contribution in [3.05, 3.63) is 18.2 Å². The highest BCUT2D eigenvalue weighted by molar-refractivity contribution is 5.46. The van der Waals surface area contributed by atoms with Crippen molar-refractivity contribution in [1.29, 1.82) is 0 Å². The van der Waals surface area contributed by atoms with Crippen LogP contribution in [0.3, 0.4) is 0 Å². The SMILES string of the molecule is OC(CNC1CC1)COc1ccc2c(c1)OCO2. The smallest absolute Gasteiger partial charge is 0.231 e. The maximum absolute atomic E-state index is 9.74. The third-order valence-electron chi connectivity index (χ3n) is 3.01. The van der Waals surface area contributed by atoms with Crippen LogP contribution in [-0.2, 0) is 0 Å². The summed E-state index contributed by atoms with van der Waals surface area (Å²) in [5, 5.41) is 13.0. The predicted octanol–water partition coefficient (Wildman–Crippen LogP) is 0.907. The second-order valence-electron chi connectivity index (χ2n) is 4.66. The molecule has 2 aliphatic rings. The number of rotatable bonds is 6. The van der Waals surface area contributed by atoms with E-state index in [0.717, 1.165) is 5.75 Å². The first-order chi connectivity index (χ1) is 8.81. The second kappa shape index (κ2) is 5.04. The van der Waals surface area contributed by atoms with Crippen LogP contribution in [0.4, 0.5) is 0 Å². The molecule has 3 rings (SSSR count). The van der Waals surface area contributed by atoms with Crippen LogP contribution in [0.1, 0.15) is 12.8 Å². The minimum Gasteiger partial charge on any atom is -0.491 e. The van der Waals surface area contributed by atoms with E-state index in [2.05, 4.69) is 5.32 Å². The summed E-state index contributed by atoms with van der Waals surface area (Å²) in [5.41, 5.74) is 0. The zero-order valence-electron chi connectivity index (χ0n) is 10.1. The van der Waals surface area contributed by atoms with Gasteiger partial charge in [0.05, 0.1) is 0 Å². The number of aliphatic hydroxyl groups excluding tert-OH is 1. The van der Waals surface area contributed by atoms with Gasteiger partial charge in [0.15, 0.2) is 11.5 Å². The molecule has 18 heavy (non-hydrogen) atoms. The Kier molecular flexibility index (Phi) is 3.25. The predicted molar refractivity (Wildman–Crippen MR) is 65.1 cm³/mol. The molecule has 1 unspecified atom stereocenters. The average Bonchev–Trinajstić information content (AvgIpc) is 3.10. The number of aliphatic hydroxyl groups is 1. The van der Waals surface area contributed by atoms with E-state index in [1.807, 2.05) is 12.1 Å². The normalized spacial score (nSPS) is 18.7. The number of nitrogens with one attached hydrogen (secondary N) is 1. The quantitative estimate of drug-likeness (QED) is 0.787. The summed E-state index contributed by atoms with van der Waals surface area (Å²) in [6.07, 6.45) is 1.95. The molecule has 0 bridgehead atoms. The summed E-state index contributed by atoms with van der Waals surface area (Å²) < 4.78 is 16.0. The highest BCUT2D eigenvalue weighted by Crippen LogP contribution is 2.35. The molecule has 1 atom stereocenters. The van der Waals surface area contributed by atoms with Crippen LogP contribution < -0.4 is 19.5 Å². The highest BCUT2D eigenvalue weighted by Gasteiger charge is 2.21. The lowest BCUT2D eigenvalue weighted by Gasteiger charge is -2.13. The van der Waals surface area contributed by atoms with Gasteiger partial charge >= 0.3 is 0 Å². The lowest BCUT2D eigenvalue weighted by atomic mass is 10.3. The van der Waals surface area contributed by atoms with Crippen LogP contribution in [0.25, 0.3) is 0 Å².